The molecule has 202 valence electrons. The third kappa shape index (κ3) is 6.53. The molecule has 0 spiro atoms. The van der Waals surface area contributed by atoms with Gasteiger partial charge in [0.1, 0.15) is 0 Å². The molecule has 37 heavy (non-hydrogen) atoms. The first-order valence-electron chi connectivity index (χ1n) is 13.6. The van der Waals surface area contributed by atoms with Gasteiger partial charge in [-0.2, -0.15) is 0 Å². The molecule has 4 aliphatic carbocycles. The van der Waals surface area contributed by atoms with Gasteiger partial charge < -0.3 is 14.9 Å². The van der Waals surface area contributed by atoms with Gasteiger partial charge in [0.25, 0.3) is 0 Å². The van der Waals surface area contributed by atoms with E-state index in [2.05, 4.69) is 83.1 Å². The van der Waals surface area contributed by atoms with Crippen LogP contribution >= 0.6 is 0 Å². The third-order valence-corrected chi connectivity index (χ3v) is 12.2. The molecule has 2 radical (unpaired) electrons. The van der Waals surface area contributed by atoms with E-state index < -0.39 is 0 Å². The summed E-state index contributed by atoms with van der Waals surface area (Å²) in [5.74, 6) is 8.08. The Morgan fingerprint density at radius 2 is 0.622 bits per heavy atom. The minimum Gasteiger partial charge on any atom is -0.358 e. The van der Waals surface area contributed by atoms with Crippen LogP contribution in [0.5, 0.6) is 0 Å². The molecule has 10 unspecified atom stereocenters. The molecule has 0 amide bonds. The van der Waals surface area contributed by atoms with Crippen LogP contribution < -0.4 is 0 Å². The number of fused-ring (bicyclic) bond motifs is 2. The minimum absolute atomic E-state index is 0. The number of hydrogen-bond donors (Lipinski definition) is 0. The Bertz CT molecular complexity index is 859. The zero-order valence-electron chi connectivity index (χ0n) is 26.8. The molecule has 10 atom stereocenters. The fraction of sp³-hybridized carbons (Fsp3) is 0.706. The van der Waals surface area contributed by atoms with Gasteiger partial charge in [0.05, 0.1) is 0 Å². The van der Waals surface area contributed by atoms with Gasteiger partial charge in [-0.25, -0.2) is 0 Å². The van der Waals surface area contributed by atoms with Crippen molar-refractivity contribution < 1.29 is 91.6 Å². The van der Waals surface area contributed by atoms with E-state index in [4.69, 9.17) is 0 Å². The molecule has 0 aromatic carbocycles. The molecule has 2 fully saturated rings. The van der Waals surface area contributed by atoms with E-state index in [0.29, 0.717) is 0 Å². The predicted octanol–water partition coefficient (Wildman–Crippen LogP) is 10.3. The summed E-state index contributed by atoms with van der Waals surface area (Å²) in [6.07, 6.45) is 2.84. The second-order valence-corrected chi connectivity index (χ2v) is 12.7. The third-order valence-electron chi connectivity index (χ3n) is 12.2. The van der Waals surface area contributed by atoms with Crippen LogP contribution in [-0.4, -0.2) is 0 Å². The van der Waals surface area contributed by atoms with Crippen molar-refractivity contribution in [3.63, 3.8) is 0 Å². The monoisotopic (exact) mass is 732 g/mol. The molecule has 0 bridgehead atoms. The Morgan fingerprint density at radius 1 is 0.405 bits per heavy atom. The number of allylic oxidation sites excluding steroid dienone is 8. The molecule has 4 rings (SSSR count). The van der Waals surface area contributed by atoms with Crippen LogP contribution in [0, 0.1) is 74.0 Å². The standard InChI is InChI=1S/C32H50.2CH3.2Y.Zr/c1-15-17(3)23(9)31-27(19(5)25(11)29(31)21(15)7)13-14-28-20(6)26(12)30-22(8)16(2)18(4)24(10)32(28)30;;;;;/h19-20,25-32H,13-14H2,1-12H3;2*1H3;;;/q;2*-1;;;+2. The summed E-state index contributed by atoms with van der Waals surface area (Å²) in [7, 11) is 0. The first-order valence-corrected chi connectivity index (χ1v) is 13.6. The van der Waals surface area contributed by atoms with Crippen molar-refractivity contribution in [2.45, 2.75) is 95.9 Å². The van der Waals surface area contributed by atoms with Crippen LogP contribution in [0.2, 0.25) is 0 Å². The molecule has 3 heteroatoms. The van der Waals surface area contributed by atoms with E-state index in [1.165, 1.54) is 12.8 Å². The van der Waals surface area contributed by atoms with Crippen LogP contribution in [0.15, 0.2) is 44.6 Å². The summed E-state index contributed by atoms with van der Waals surface area (Å²) >= 11 is 0. The van der Waals surface area contributed by atoms with Crippen molar-refractivity contribution >= 4 is 0 Å². The van der Waals surface area contributed by atoms with Crippen LogP contribution in [0.1, 0.15) is 95.9 Å². The van der Waals surface area contributed by atoms with Gasteiger partial charge in [-0.15, -0.1) is 0 Å². The quantitative estimate of drug-likeness (QED) is 0.254. The van der Waals surface area contributed by atoms with Crippen molar-refractivity contribution in [2.75, 3.05) is 0 Å². The predicted molar refractivity (Wildman–Crippen MR) is 153 cm³/mol. The van der Waals surface area contributed by atoms with Gasteiger partial charge in [0.15, 0.2) is 0 Å². The molecule has 0 aliphatic heterocycles. The summed E-state index contributed by atoms with van der Waals surface area (Å²) in [6, 6.07) is 0. The van der Waals surface area contributed by atoms with E-state index in [9.17, 15) is 0 Å². The Labute approximate surface area is 302 Å². The normalized spacial score (nSPS) is 38.6. The van der Waals surface area contributed by atoms with Crippen molar-refractivity contribution in [3.8, 4) is 0 Å². The van der Waals surface area contributed by atoms with E-state index in [1.807, 2.05) is 0 Å². The zero-order chi connectivity index (χ0) is 23.8. The maximum Gasteiger partial charge on any atom is 2.00 e. The van der Waals surface area contributed by atoms with Crippen molar-refractivity contribution in [1.82, 2.24) is 0 Å². The first kappa shape index (κ1) is 41.2. The summed E-state index contributed by atoms with van der Waals surface area (Å²) in [4.78, 5) is 0. The van der Waals surface area contributed by atoms with Gasteiger partial charge in [0.2, 0.25) is 0 Å². The van der Waals surface area contributed by atoms with E-state index in [0.717, 1.165) is 59.2 Å². The van der Waals surface area contributed by atoms with Crippen molar-refractivity contribution in [1.29, 1.82) is 0 Å². The summed E-state index contributed by atoms with van der Waals surface area (Å²) in [5, 5.41) is 0. The fourth-order valence-electron chi connectivity index (χ4n) is 9.24. The average Bonchev–Trinajstić information content (AvgIpc) is 3.16. The van der Waals surface area contributed by atoms with Gasteiger partial charge in [-0.05, 0) is 150 Å². The maximum atomic E-state index is 2.58. The Kier molecular flexibility index (Phi) is 17.3. The van der Waals surface area contributed by atoms with Gasteiger partial charge in [-0.3, -0.25) is 0 Å². The summed E-state index contributed by atoms with van der Waals surface area (Å²) in [6.45, 7) is 29.6. The summed E-state index contributed by atoms with van der Waals surface area (Å²) in [5.41, 5.74) is 13.2. The SMILES string of the molecule is CC1=C(C)C2C(C)C(C)C(CCC3C(C)C(C)C4C(C)=C(C)C(C)=C(C)C34)C2C(C)=C1C.[CH3-].[CH3-].[Y].[Y].[Zr+2]. The second kappa shape index (κ2) is 15.5. The molecule has 0 nitrogen and oxygen atoms in total. The Balaban J connectivity index is 0. The molecular weight excluding hydrogens is 677 g/mol. The smallest absolute Gasteiger partial charge is 0.358 e. The van der Waals surface area contributed by atoms with Crippen LogP contribution in [0.3, 0.4) is 0 Å². The minimum atomic E-state index is 0. The zero-order valence-corrected chi connectivity index (χ0v) is 35.0. The molecule has 4 aliphatic rings. The van der Waals surface area contributed by atoms with Crippen LogP contribution in [0.4, 0.5) is 0 Å². The molecule has 0 aromatic heterocycles. The topological polar surface area (TPSA) is 0 Å². The van der Waals surface area contributed by atoms with Crippen LogP contribution in [-0.2, 0) is 91.6 Å². The number of hydrogen-bond acceptors (Lipinski definition) is 0. The first-order chi connectivity index (χ1) is 14.9. The molecule has 0 aromatic rings. The maximum absolute atomic E-state index is 2.58. The van der Waals surface area contributed by atoms with E-state index in [1.54, 1.807) is 44.6 Å². The molecule has 0 saturated heterocycles. The van der Waals surface area contributed by atoms with Crippen molar-refractivity contribution in [3.05, 3.63) is 59.4 Å². The van der Waals surface area contributed by atoms with E-state index >= 15 is 0 Å². The Morgan fingerprint density at radius 3 is 0.865 bits per heavy atom. The van der Waals surface area contributed by atoms with Crippen LogP contribution in [0.25, 0.3) is 0 Å². The molecule has 0 N–H and O–H groups in total. The largest absolute Gasteiger partial charge is 2.00 e. The van der Waals surface area contributed by atoms with Gasteiger partial charge in [0, 0.05) is 65.4 Å². The van der Waals surface area contributed by atoms with Gasteiger partial charge >= 0.3 is 26.2 Å². The van der Waals surface area contributed by atoms with Gasteiger partial charge in [-0.1, -0.05) is 50.0 Å². The molecule has 0 heterocycles. The van der Waals surface area contributed by atoms with E-state index in [-0.39, 0.29) is 106 Å². The Hall–Kier alpha value is 2.05. The summed E-state index contributed by atoms with van der Waals surface area (Å²) < 4.78 is 0. The second-order valence-electron chi connectivity index (χ2n) is 12.7. The fourth-order valence-corrected chi connectivity index (χ4v) is 9.24. The molecule has 2 saturated carbocycles. The average molecular weight is 734 g/mol. The molecular formula is C34H56Y2Zr. The van der Waals surface area contributed by atoms with Crippen molar-refractivity contribution in [2.24, 2.45) is 59.2 Å². The number of rotatable bonds is 3.